The molecule has 0 aromatic heterocycles. The predicted molar refractivity (Wildman–Crippen MR) is 90.9 cm³/mol. The van der Waals surface area contributed by atoms with Gasteiger partial charge in [-0.05, 0) is 36.1 Å². The minimum absolute atomic E-state index is 0.0247. The highest BCUT2D eigenvalue weighted by Gasteiger charge is 2.15. The van der Waals surface area contributed by atoms with Crippen molar-refractivity contribution in [1.82, 2.24) is 0 Å². The van der Waals surface area contributed by atoms with Crippen LogP contribution in [0.1, 0.15) is 44.6 Å². The number of hydrogen-bond donors (Lipinski definition) is 0. The second kappa shape index (κ2) is 9.44. The molecule has 0 aliphatic rings. The van der Waals surface area contributed by atoms with Crippen LogP contribution in [0.25, 0.3) is 11.1 Å². The first-order chi connectivity index (χ1) is 12.0. The van der Waals surface area contributed by atoms with Gasteiger partial charge < -0.3 is 4.74 Å². The molecule has 25 heavy (non-hydrogen) atoms. The van der Waals surface area contributed by atoms with Crippen LogP contribution >= 0.6 is 0 Å². The standard InChI is InChI=1S/C20H22F4O/c1-2-3-4-5-6-7-15-10-13-17(19(22)18(15)21)14-8-11-16(12-9-14)25-20(23)24/h8-13,20H,2-7H2,1H3. The fourth-order valence-electron chi connectivity index (χ4n) is 2.74. The van der Waals surface area contributed by atoms with Gasteiger partial charge in [0.2, 0.25) is 0 Å². The van der Waals surface area contributed by atoms with Crippen LogP contribution in [0.5, 0.6) is 5.75 Å². The van der Waals surface area contributed by atoms with Crippen LogP contribution in [-0.2, 0) is 6.42 Å². The molecular weight excluding hydrogens is 332 g/mol. The Bertz CT molecular complexity index is 668. The molecule has 0 heterocycles. The molecule has 2 aromatic rings. The molecule has 0 N–H and O–H groups in total. The molecule has 1 nitrogen and oxygen atoms in total. The third kappa shape index (κ3) is 5.48. The van der Waals surface area contributed by atoms with E-state index in [0.29, 0.717) is 17.5 Å². The van der Waals surface area contributed by atoms with E-state index in [4.69, 9.17) is 0 Å². The Morgan fingerprint density at radius 3 is 2.16 bits per heavy atom. The maximum Gasteiger partial charge on any atom is 0.387 e. The summed E-state index contributed by atoms with van der Waals surface area (Å²) in [6.07, 6.45) is 5.73. The number of rotatable bonds is 9. The number of benzene rings is 2. The first-order valence-corrected chi connectivity index (χ1v) is 8.55. The normalized spacial score (nSPS) is 11.1. The van der Waals surface area contributed by atoms with Gasteiger partial charge in [0.15, 0.2) is 11.6 Å². The molecule has 0 fully saturated rings. The van der Waals surface area contributed by atoms with Crippen LogP contribution in [0, 0.1) is 11.6 Å². The molecule has 136 valence electrons. The molecule has 0 aliphatic carbocycles. The molecule has 2 rings (SSSR count). The quantitative estimate of drug-likeness (QED) is 0.358. The van der Waals surface area contributed by atoms with Crippen LogP contribution in [0.3, 0.4) is 0 Å². The van der Waals surface area contributed by atoms with E-state index in [1.54, 1.807) is 6.07 Å². The Morgan fingerprint density at radius 2 is 1.52 bits per heavy atom. The average Bonchev–Trinajstić information content (AvgIpc) is 2.59. The highest BCUT2D eigenvalue weighted by Crippen LogP contribution is 2.29. The van der Waals surface area contributed by atoms with Gasteiger partial charge in [0.25, 0.3) is 0 Å². The SMILES string of the molecule is CCCCCCCc1ccc(-c2ccc(OC(F)F)cc2)c(F)c1F. The topological polar surface area (TPSA) is 9.23 Å². The van der Waals surface area contributed by atoms with E-state index in [9.17, 15) is 17.6 Å². The van der Waals surface area contributed by atoms with Crippen molar-refractivity contribution < 1.29 is 22.3 Å². The molecule has 2 aromatic carbocycles. The van der Waals surface area contributed by atoms with Crippen molar-refractivity contribution in [2.75, 3.05) is 0 Å². The molecular formula is C20H22F4O. The predicted octanol–water partition coefficient (Wildman–Crippen LogP) is 6.75. The van der Waals surface area contributed by atoms with Crippen molar-refractivity contribution in [1.29, 1.82) is 0 Å². The van der Waals surface area contributed by atoms with Crippen molar-refractivity contribution in [3.63, 3.8) is 0 Å². The van der Waals surface area contributed by atoms with E-state index in [1.807, 2.05) is 0 Å². The summed E-state index contributed by atoms with van der Waals surface area (Å²) in [5.74, 6) is -1.77. The minimum atomic E-state index is -2.92. The third-order valence-corrected chi connectivity index (χ3v) is 4.10. The summed E-state index contributed by atoms with van der Waals surface area (Å²) < 4.78 is 57.2. The lowest BCUT2D eigenvalue weighted by molar-refractivity contribution is -0.0498. The second-order valence-electron chi connectivity index (χ2n) is 5.97. The summed E-state index contributed by atoms with van der Waals surface area (Å²) in [7, 11) is 0. The zero-order chi connectivity index (χ0) is 18.2. The molecule has 0 aliphatic heterocycles. The molecule has 0 bridgehead atoms. The molecule has 0 saturated heterocycles. The largest absolute Gasteiger partial charge is 0.435 e. The molecule has 5 heteroatoms. The van der Waals surface area contributed by atoms with Crippen molar-refractivity contribution in [3.8, 4) is 16.9 Å². The molecule has 0 spiro atoms. The Hall–Kier alpha value is -2.04. The number of hydrogen-bond acceptors (Lipinski definition) is 1. The number of unbranched alkanes of at least 4 members (excludes halogenated alkanes) is 4. The van der Waals surface area contributed by atoms with Gasteiger partial charge >= 0.3 is 6.61 Å². The van der Waals surface area contributed by atoms with E-state index in [1.165, 1.54) is 30.3 Å². The van der Waals surface area contributed by atoms with Gasteiger partial charge in [-0.1, -0.05) is 56.9 Å². The first-order valence-electron chi connectivity index (χ1n) is 8.55. The molecule has 0 saturated carbocycles. The summed E-state index contributed by atoms with van der Waals surface area (Å²) in [6, 6.07) is 8.60. The van der Waals surface area contributed by atoms with E-state index in [-0.39, 0.29) is 11.3 Å². The van der Waals surface area contributed by atoms with Crippen molar-refractivity contribution in [2.45, 2.75) is 52.1 Å². The zero-order valence-corrected chi connectivity index (χ0v) is 14.2. The van der Waals surface area contributed by atoms with Gasteiger partial charge in [0.1, 0.15) is 5.75 Å². The maximum atomic E-state index is 14.4. The van der Waals surface area contributed by atoms with Gasteiger partial charge in [-0.2, -0.15) is 8.78 Å². The summed E-state index contributed by atoms with van der Waals surface area (Å²) in [4.78, 5) is 0. The van der Waals surface area contributed by atoms with Crippen LogP contribution in [0.4, 0.5) is 17.6 Å². The van der Waals surface area contributed by atoms with Crippen molar-refractivity contribution >= 4 is 0 Å². The van der Waals surface area contributed by atoms with Crippen LogP contribution in [0.15, 0.2) is 36.4 Å². The minimum Gasteiger partial charge on any atom is -0.435 e. The second-order valence-corrected chi connectivity index (χ2v) is 5.97. The maximum absolute atomic E-state index is 14.4. The molecule has 0 radical (unpaired) electrons. The summed E-state index contributed by atoms with van der Waals surface area (Å²) in [6.45, 7) is -0.795. The number of ether oxygens (including phenoxy) is 1. The van der Waals surface area contributed by atoms with Gasteiger partial charge in [0.05, 0.1) is 0 Å². The van der Waals surface area contributed by atoms with E-state index >= 15 is 0 Å². The average molecular weight is 354 g/mol. The van der Waals surface area contributed by atoms with Gasteiger partial charge in [-0.25, -0.2) is 8.78 Å². The fourth-order valence-corrected chi connectivity index (χ4v) is 2.74. The Labute approximate surface area is 145 Å². The van der Waals surface area contributed by atoms with Crippen LogP contribution in [-0.4, -0.2) is 6.61 Å². The van der Waals surface area contributed by atoms with E-state index < -0.39 is 18.2 Å². The molecule has 0 atom stereocenters. The number of alkyl halides is 2. The highest BCUT2D eigenvalue weighted by molar-refractivity contribution is 5.65. The Kier molecular flexibility index (Phi) is 7.29. The summed E-state index contributed by atoms with van der Waals surface area (Å²) in [5, 5.41) is 0. The summed E-state index contributed by atoms with van der Waals surface area (Å²) in [5.41, 5.74) is 0.888. The monoisotopic (exact) mass is 354 g/mol. The smallest absolute Gasteiger partial charge is 0.387 e. The Morgan fingerprint density at radius 1 is 0.840 bits per heavy atom. The zero-order valence-electron chi connectivity index (χ0n) is 14.2. The summed E-state index contributed by atoms with van der Waals surface area (Å²) >= 11 is 0. The Balaban J connectivity index is 2.08. The first kappa shape index (κ1) is 19.3. The van der Waals surface area contributed by atoms with Crippen molar-refractivity contribution in [2.24, 2.45) is 0 Å². The van der Waals surface area contributed by atoms with Crippen LogP contribution < -0.4 is 4.74 Å². The lowest BCUT2D eigenvalue weighted by atomic mass is 9.99. The van der Waals surface area contributed by atoms with Gasteiger partial charge in [0, 0.05) is 5.56 Å². The molecule has 0 unspecified atom stereocenters. The number of aryl methyl sites for hydroxylation is 1. The highest BCUT2D eigenvalue weighted by atomic mass is 19.3. The van der Waals surface area contributed by atoms with E-state index in [2.05, 4.69) is 11.7 Å². The number of halogens is 4. The van der Waals surface area contributed by atoms with Crippen molar-refractivity contribution in [3.05, 3.63) is 53.6 Å². The third-order valence-electron chi connectivity index (χ3n) is 4.10. The van der Waals surface area contributed by atoms with Gasteiger partial charge in [-0.15, -0.1) is 0 Å². The lowest BCUT2D eigenvalue weighted by Gasteiger charge is -2.10. The van der Waals surface area contributed by atoms with Crippen LogP contribution in [0.2, 0.25) is 0 Å². The molecule has 0 amide bonds. The van der Waals surface area contributed by atoms with E-state index in [0.717, 1.165) is 32.1 Å². The lowest BCUT2D eigenvalue weighted by Crippen LogP contribution is -2.01. The fraction of sp³-hybridized carbons (Fsp3) is 0.400. The van der Waals surface area contributed by atoms with Gasteiger partial charge in [-0.3, -0.25) is 0 Å².